The van der Waals surface area contributed by atoms with Crippen LogP contribution in [-0.4, -0.2) is 11.1 Å². The van der Waals surface area contributed by atoms with Gasteiger partial charge in [0.1, 0.15) is 17.4 Å². The maximum Gasteiger partial charge on any atom is 0.315 e. The van der Waals surface area contributed by atoms with Gasteiger partial charge in [0.05, 0.1) is 0 Å². The molecule has 1 atom stereocenters. The molecular formula is C14H9ClO3. The summed E-state index contributed by atoms with van der Waals surface area (Å²) in [5, 5.41) is 9.94. The fraction of sp³-hybridized carbons (Fsp3) is 0.0714. The van der Waals surface area contributed by atoms with Crippen molar-refractivity contribution in [3.8, 4) is 11.5 Å². The zero-order chi connectivity index (χ0) is 12.7. The van der Waals surface area contributed by atoms with Gasteiger partial charge in [-0.15, -0.1) is 0 Å². The van der Waals surface area contributed by atoms with E-state index in [2.05, 4.69) is 0 Å². The Morgan fingerprint density at radius 2 is 1.83 bits per heavy atom. The molecule has 0 aliphatic carbocycles. The van der Waals surface area contributed by atoms with Crippen LogP contribution in [0.25, 0.3) is 0 Å². The molecule has 18 heavy (non-hydrogen) atoms. The van der Waals surface area contributed by atoms with Gasteiger partial charge in [-0.3, -0.25) is 4.79 Å². The molecule has 0 fully saturated rings. The van der Waals surface area contributed by atoms with Gasteiger partial charge in [0, 0.05) is 16.1 Å². The Kier molecular flexibility index (Phi) is 2.49. The van der Waals surface area contributed by atoms with E-state index in [1.54, 1.807) is 36.4 Å². The maximum atomic E-state index is 11.5. The Bertz CT molecular complexity index is 637. The second-order valence-corrected chi connectivity index (χ2v) is 4.53. The highest BCUT2D eigenvalue weighted by Crippen LogP contribution is 2.44. The van der Waals surface area contributed by atoms with Gasteiger partial charge in [0.25, 0.3) is 0 Å². The van der Waals surface area contributed by atoms with Crippen LogP contribution in [0.4, 0.5) is 0 Å². The van der Waals surface area contributed by atoms with Crippen LogP contribution in [0.5, 0.6) is 11.5 Å². The van der Waals surface area contributed by atoms with Gasteiger partial charge in [0.2, 0.25) is 0 Å². The van der Waals surface area contributed by atoms with E-state index in [4.69, 9.17) is 16.3 Å². The maximum absolute atomic E-state index is 11.5. The van der Waals surface area contributed by atoms with Crippen molar-refractivity contribution < 1.29 is 14.6 Å². The van der Waals surface area contributed by atoms with Crippen molar-refractivity contribution >= 4 is 17.6 Å². The summed E-state index contributed by atoms with van der Waals surface area (Å²) in [6.45, 7) is 0. The smallest absolute Gasteiger partial charge is 0.315 e. The topological polar surface area (TPSA) is 46.5 Å². The molecule has 1 aliphatic heterocycles. The number of halogens is 1. The summed E-state index contributed by atoms with van der Waals surface area (Å²) in [5.41, 5.74) is 1.30. The summed E-state index contributed by atoms with van der Waals surface area (Å²) in [4.78, 5) is 11.5. The second-order valence-electron chi connectivity index (χ2n) is 4.09. The highest BCUT2D eigenvalue weighted by molar-refractivity contribution is 6.30. The highest BCUT2D eigenvalue weighted by Gasteiger charge is 2.32. The minimum absolute atomic E-state index is 0.508. The first-order chi connectivity index (χ1) is 8.66. The van der Waals surface area contributed by atoms with Crippen molar-refractivity contribution in [1.82, 2.24) is 0 Å². The summed E-state index contributed by atoms with van der Waals surface area (Å²) in [6.07, 6.45) is 0. The van der Waals surface area contributed by atoms with Crippen LogP contribution in [-0.2, 0) is 4.79 Å². The molecule has 1 unspecified atom stereocenters. The zero-order valence-electron chi connectivity index (χ0n) is 9.26. The van der Waals surface area contributed by atoms with Crippen molar-refractivity contribution in [3.05, 3.63) is 58.6 Å². The standard InChI is InChI=1S/C14H9ClO3/c15-8-5-6-10-12(7-8)18-11-4-2-1-3-9(11)13(10)14(16)17/h1-7,13H,(H,16,17). The predicted octanol–water partition coefficient (Wildman–Crippen LogP) is 3.66. The Balaban J connectivity index is 2.23. The molecule has 3 rings (SSSR count). The molecule has 0 saturated heterocycles. The molecule has 0 aromatic heterocycles. The summed E-state index contributed by atoms with van der Waals surface area (Å²) in [5.74, 6) is -0.523. The third-order valence-corrected chi connectivity index (χ3v) is 3.22. The Morgan fingerprint density at radius 1 is 1.11 bits per heavy atom. The van der Waals surface area contributed by atoms with E-state index in [0.29, 0.717) is 27.6 Å². The van der Waals surface area contributed by atoms with Crippen LogP contribution >= 0.6 is 11.6 Å². The number of carbonyl (C=O) groups is 1. The van der Waals surface area contributed by atoms with Crippen LogP contribution in [0.15, 0.2) is 42.5 Å². The fourth-order valence-electron chi connectivity index (χ4n) is 2.20. The lowest BCUT2D eigenvalue weighted by Crippen LogP contribution is -2.18. The van der Waals surface area contributed by atoms with Gasteiger partial charge >= 0.3 is 5.97 Å². The van der Waals surface area contributed by atoms with E-state index in [0.717, 1.165) is 0 Å². The summed E-state index contributed by atoms with van der Waals surface area (Å²) in [6, 6.07) is 12.2. The van der Waals surface area contributed by atoms with Gasteiger partial charge in [-0.1, -0.05) is 35.9 Å². The predicted molar refractivity (Wildman–Crippen MR) is 67.4 cm³/mol. The van der Waals surface area contributed by atoms with Crippen LogP contribution in [0, 0.1) is 0 Å². The summed E-state index contributed by atoms with van der Waals surface area (Å²) in [7, 11) is 0. The SMILES string of the molecule is O=C(O)C1c2ccccc2Oc2cc(Cl)ccc21. The van der Waals surface area contributed by atoms with Crippen LogP contribution < -0.4 is 4.74 Å². The molecule has 3 nitrogen and oxygen atoms in total. The normalized spacial score (nSPS) is 16.4. The van der Waals surface area contributed by atoms with Gasteiger partial charge in [0.15, 0.2) is 0 Å². The molecular weight excluding hydrogens is 252 g/mol. The molecule has 0 radical (unpaired) electrons. The van der Waals surface area contributed by atoms with Crippen molar-refractivity contribution in [2.24, 2.45) is 0 Å². The Morgan fingerprint density at radius 3 is 2.61 bits per heavy atom. The number of hydrogen-bond donors (Lipinski definition) is 1. The number of ether oxygens (including phenoxy) is 1. The van der Waals surface area contributed by atoms with E-state index in [-0.39, 0.29) is 0 Å². The number of carboxylic acids is 1. The quantitative estimate of drug-likeness (QED) is 0.851. The lowest BCUT2D eigenvalue weighted by atomic mass is 9.88. The third kappa shape index (κ3) is 1.64. The Hall–Kier alpha value is -2.00. The lowest BCUT2D eigenvalue weighted by Gasteiger charge is -2.25. The average molecular weight is 261 g/mol. The summed E-state index contributed by atoms with van der Waals surface area (Å²) >= 11 is 5.90. The molecule has 0 bridgehead atoms. The molecule has 2 aromatic carbocycles. The first kappa shape index (κ1) is 11.1. The number of para-hydroxylation sites is 1. The number of aliphatic carboxylic acids is 1. The molecule has 90 valence electrons. The number of rotatable bonds is 1. The molecule has 2 aromatic rings. The molecule has 1 N–H and O–H groups in total. The fourth-order valence-corrected chi connectivity index (χ4v) is 2.36. The first-order valence-corrected chi connectivity index (χ1v) is 5.83. The van der Waals surface area contributed by atoms with Gasteiger partial charge < -0.3 is 9.84 Å². The monoisotopic (exact) mass is 260 g/mol. The molecule has 4 heteroatoms. The van der Waals surface area contributed by atoms with E-state index < -0.39 is 11.9 Å². The first-order valence-electron chi connectivity index (χ1n) is 5.46. The largest absolute Gasteiger partial charge is 0.481 e. The van der Waals surface area contributed by atoms with E-state index >= 15 is 0 Å². The van der Waals surface area contributed by atoms with E-state index in [9.17, 15) is 9.90 Å². The number of benzene rings is 2. The molecule has 1 aliphatic rings. The van der Waals surface area contributed by atoms with Crippen molar-refractivity contribution in [1.29, 1.82) is 0 Å². The zero-order valence-corrected chi connectivity index (χ0v) is 10.0. The molecule has 0 saturated carbocycles. The third-order valence-electron chi connectivity index (χ3n) is 2.98. The second kappa shape index (κ2) is 4.03. The molecule has 0 spiro atoms. The van der Waals surface area contributed by atoms with Crippen LogP contribution in [0.1, 0.15) is 17.0 Å². The number of fused-ring (bicyclic) bond motifs is 2. The van der Waals surface area contributed by atoms with Crippen LogP contribution in [0.3, 0.4) is 0 Å². The van der Waals surface area contributed by atoms with Crippen molar-refractivity contribution in [3.63, 3.8) is 0 Å². The van der Waals surface area contributed by atoms with Crippen molar-refractivity contribution in [2.45, 2.75) is 5.92 Å². The summed E-state index contributed by atoms with van der Waals surface area (Å²) < 4.78 is 5.69. The van der Waals surface area contributed by atoms with Crippen molar-refractivity contribution in [2.75, 3.05) is 0 Å². The molecule has 0 amide bonds. The number of carboxylic acid groups (broad SMARTS) is 1. The average Bonchev–Trinajstić information content (AvgIpc) is 2.35. The molecule has 1 heterocycles. The van der Waals surface area contributed by atoms with Crippen LogP contribution in [0.2, 0.25) is 5.02 Å². The lowest BCUT2D eigenvalue weighted by molar-refractivity contribution is -0.137. The number of hydrogen-bond acceptors (Lipinski definition) is 2. The van der Waals surface area contributed by atoms with Gasteiger partial charge in [-0.25, -0.2) is 0 Å². The minimum atomic E-state index is -0.894. The van der Waals surface area contributed by atoms with E-state index in [1.165, 1.54) is 0 Å². The van der Waals surface area contributed by atoms with E-state index in [1.807, 2.05) is 6.07 Å². The van der Waals surface area contributed by atoms with Gasteiger partial charge in [-0.2, -0.15) is 0 Å². The highest BCUT2D eigenvalue weighted by atomic mass is 35.5. The van der Waals surface area contributed by atoms with Gasteiger partial charge in [-0.05, 0) is 18.2 Å². The minimum Gasteiger partial charge on any atom is -0.481 e. The Labute approximate surface area is 109 Å².